The molecule has 5 heteroatoms. The molecule has 1 heterocycles. The molecule has 0 spiro atoms. The molecule has 0 bridgehead atoms. The zero-order valence-corrected chi connectivity index (χ0v) is 13.5. The predicted molar refractivity (Wildman–Crippen MR) is 84.7 cm³/mol. The highest BCUT2D eigenvalue weighted by Gasteiger charge is 2.20. The highest BCUT2D eigenvalue weighted by atomic mass is 35.5. The van der Waals surface area contributed by atoms with Crippen LogP contribution in [-0.2, 0) is 0 Å². The van der Waals surface area contributed by atoms with Gasteiger partial charge in [-0.3, -0.25) is 4.98 Å². The minimum absolute atomic E-state index is 0.00542. The summed E-state index contributed by atoms with van der Waals surface area (Å²) in [7, 11) is 0. The predicted octanol–water partition coefficient (Wildman–Crippen LogP) is 5.54. The summed E-state index contributed by atoms with van der Waals surface area (Å²) in [5.74, 6) is -0.337. The molecule has 108 valence electrons. The number of aromatic nitrogens is 1. The fourth-order valence-corrected chi connectivity index (χ4v) is 3.07. The number of aryl methyl sites for hydroxylation is 1. The van der Waals surface area contributed by atoms with Crippen LogP contribution in [0.1, 0.15) is 37.9 Å². The van der Waals surface area contributed by atoms with E-state index in [1.807, 2.05) is 13.8 Å². The molecule has 2 rings (SSSR count). The molecular formula is C15H17Cl2FN2. The average Bonchev–Trinajstić information content (AvgIpc) is 2.35. The number of fused-ring (bicyclic) bond motifs is 1. The van der Waals surface area contributed by atoms with Gasteiger partial charge in [-0.1, -0.05) is 37.0 Å². The minimum atomic E-state index is -0.597. The number of nitrogens with one attached hydrogen (secondary N) is 1. The largest absolute Gasteiger partial charge is 0.384 e. The zero-order valence-electron chi connectivity index (χ0n) is 11.9. The Balaban J connectivity index is 2.96. The average molecular weight is 315 g/mol. The lowest BCUT2D eigenvalue weighted by atomic mass is 9.96. The molecule has 0 aliphatic carbocycles. The molecular weight excluding hydrogens is 298 g/mol. The molecule has 20 heavy (non-hydrogen) atoms. The number of rotatable bonds is 3. The molecule has 0 aliphatic rings. The van der Waals surface area contributed by atoms with E-state index in [0.29, 0.717) is 10.9 Å². The van der Waals surface area contributed by atoms with Crippen LogP contribution in [0.25, 0.3) is 10.9 Å². The van der Waals surface area contributed by atoms with E-state index in [-0.39, 0.29) is 16.0 Å². The standard InChI is InChI=1S/C15H17Cl2FN2/c1-5-19-15-11(7(2)3)8(4)20-10-6-9(16)14(18)13(17)12(10)15/h6-7H,5H2,1-4H3,(H,19,20). The van der Waals surface area contributed by atoms with Gasteiger partial charge < -0.3 is 5.32 Å². The second-order valence-electron chi connectivity index (χ2n) is 5.05. The van der Waals surface area contributed by atoms with Gasteiger partial charge in [0.2, 0.25) is 0 Å². The lowest BCUT2D eigenvalue weighted by molar-refractivity contribution is 0.630. The Morgan fingerprint density at radius 1 is 1.35 bits per heavy atom. The lowest BCUT2D eigenvalue weighted by Gasteiger charge is -2.20. The first-order valence-electron chi connectivity index (χ1n) is 6.60. The molecule has 0 fully saturated rings. The summed E-state index contributed by atoms with van der Waals surface area (Å²) >= 11 is 12.0. The maximum absolute atomic E-state index is 14.0. The van der Waals surface area contributed by atoms with Crippen LogP contribution in [0.5, 0.6) is 0 Å². The Labute approximate surface area is 128 Å². The number of anilines is 1. The molecule has 0 unspecified atom stereocenters. The van der Waals surface area contributed by atoms with Gasteiger partial charge in [0.1, 0.15) is 0 Å². The van der Waals surface area contributed by atoms with Gasteiger partial charge in [-0.15, -0.1) is 0 Å². The summed E-state index contributed by atoms with van der Waals surface area (Å²) in [5.41, 5.74) is 3.43. The molecule has 0 amide bonds. The van der Waals surface area contributed by atoms with Gasteiger partial charge in [0.05, 0.1) is 21.2 Å². The first-order chi connectivity index (χ1) is 9.38. The minimum Gasteiger partial charge on any atom is -0.384 e. The fraction of sp³-hybridized carbons (Fsp3) is 0.400. The van der Waals surface area contributed by atoms with Crippen molar-refractivity contribution in [1.82, 2.24) is 4.98 Å². The van der Waals surface area contributed by atoms with Crippen LogP contribution >= 0.6 is 23.2 Å². The van der Waals surface area contributed by atoms with Crippen LogP contribution in [0, 0.1) is 12.7 Å². The molecule has 0 saturated carbocycles. The number of nitrogens with zero attached hydrogens (tertiary/aromatic N) is 1. The molecule has 2 nitrogen and oxygen atoms in total. The van der Waals surface area contributed by atoms with Crippen molar-refractivity contribution in [3.8, 4) is 0 Å². The summed E-state index contributed by atoms with van der Waals surface area (Å²) in [4.78, 5) is 4.53. The van der Waals surface area contributed by atoms with E-state index in [4.69, 9.17) is 23.2 Å². The molecule has 2 aromatic rings. The monoisotopic (exact) mass is 314 g/mol. The van der Waals surface area contributed by atoms with Crippen LogP contribution in [0.2, 0.25) is 10.0 Å². The molecule has 0 atom stereocenters. The van der Waals surface area contributed by atoms with E-state index in [1.165, 1.54) is 6.07 Å². The lowest BCUT2D eigenvalue weighted by Crippen LogP contribution is -2.07. The van der Waals surface area contributed by atoms with Crippen LogP contribution in [0.4, 0.5) is 10.1 Å². The summed E-state index contributed by atoms with van der Waals surface area (Å²) in [6, 6.07) is 1.52. The summed E-state index contributed by atoms with van der Waals surface area (Å²) in [6.45, 7) is 8.82. The Bertz CT molecular complexity index is 669. The van der Waals surface area contributed by atoms with Crippen molar-refractivity contribution in [3.63, 3.8) is 0 Å². The molecule has 0 radical (unpaired) electrons. The maximum atomic E-state index is 14.0. The van der Waals surface area contributed by atoms with Gasteiger partial charge in [0.15, 0.2) is 5.82 Å². The van der Waals surface area contributed by atoms with Gasteiger partial charge in [0, 0.05) is 17.6 Å². The van der Waals surface area contributed by atoms with Gasteiger partial charge in [-0.05, 0) is 31.4 Å². The van der Waals surface area contributed by atoms with E-state index < -0.39 is 5.82 Å². The van der Waals surface area contributed by atoms with E-state index in [0.717, 1.165) is 23.5 Å². The highest BCUT2D eigenvalue weighted by Crippen LogP contribution is 2.40. The van der Waals surface area contributed by atoms with Gasteiger partial charge in [-0.25, -0.2) is 4.39 Å². The molecule has 0 aliphatic heterocycles. The first kappa shape index (κ1) is 15.3. The van der Waals surface area contributed by atoms with Crippen molar-refractivity contribution >= 4 is 39.8 Å². The van der Waals surface area contributed by atoms with Crippen LogP contribution < -0.4 is 5.32 Å². The van der Waals surface area contributed by atoms with E-state index in [9.17, 15) is 4.39 Å². The van der Waals surface area contributed by atoms with Gasteiger partial charge >= 0.3 is 0 Å². The van der Waals surface area contributed by atoms with Crippen LogP contribution in [-0.4, -0.2) is 11.5 Å². The third-order valence-electron chi connectivity index (χ3n) is 3.27. The SMILES string of the molecule is CCNc1c(C(C)C)c(C)nc2cc(Cl)c(F)c(Cl)c12. The normalized spacial score (nSPS) is 11.4. The Morgan fingerprint density at radius 2 is 2.00 bits per heavy atom. The molecule has 1 aromatic heterocycles. The van der Waals surface area contributed by atoms with E-state index in [1.54, 1.807) is 0 Å². The summed E-state index contributed by atoms with van der Waals surface area (Å²) in [5, 5.41) is 3.92. The Hall–Kier alpha value is -1.06. The van der Waals surface area contributed by atoms with Crippen molar-refractivity contribution in [3.05, 3.63) is 33.2 Å². The molecule has 1 N–H and O–H groups in total. The zero-order chi connectivity index (χ0) is 15.0. The van der Waals surface area contributed by atoms with Crippen molar-refractivity contribution < 1.29 is 4.39 Å². The van der Waals surface area contributed by atoms with Gasteiger partial charge in [-0.2, -0.15) is 0 Å². The van der Waals surface area contributed by atoms with Crippen LogP contribution in [0.15, 0.2) is 6.07 Å². The Kier molecular flexibility index (Phi) is 4.40. The van der Waals surface area contributed by atoms with E-state index in [2.05, 4.69) is 24.1 Å². The number of hydrogen-bond donors (Lipinski definition) is 1. The maximum Gasteiger partial charge on any atom is 0.161 e. The van der Waals surface area contributed by atoms with Gasteiger partial charge in [0.25, 0.3) is 0 Å². The van der Waals surface area contributed by atoms with Crippen molar-refractivity contribution in [2.45, 2.75) is 33.6 Å². The summed E-state index contributed by atoms with van der Waals surface area (Å²) < 4.78 is 14.0. The smallest absolute Gasteiger partial charge is 0.161 e. The topological polar surface area (TPSA) is 24.9 Å². The van der Waals surface area contributed by atoms with Crippen molar-refractivity contribution in [1.29, 1.82) is 0 Å². The molecule has 1 aromatic carbocycles. The second-order valence-corrected chi connectivity index (χ2v) is 5.84. The van der Waals surface area contributed by atoms with Crippen molar-refractivity contribution in [2.24, 2.45) is 0 Å². The third-order valence-corrected chi connectivity index (χ3v) is 3.90. The number of benzene rings is 1. The molecule has 0 saturated heterocycles. The third kappa shape index (κ3) is 2.45. The quantitative estimate of drug-likeness (QED) is 0.752. The highest BCUT2D eigenvalue weighted by molar-refractivity contribution is 6.39. The first-order valence-corrected chi connectivity index (χ1v) is 7.35. The second kappa shape index (κ2) is 5.74. The van der Waals surface area contributed by atoms with Crippen LogP contribution in [0.3, 0.4) is 0 Å². The number of halogens is 3. The number of pyridine rings is 1. The Morgan fingerprint density at radius 3 is 2.55 bits per heavy atom. The summed E-state index contributed by atoms with van der Waals surface area (Å²) in [6.07, 6.45) is 0. The van der Waals surface area contributed by atoms with Crippen molar-refractivity contribution in [2.75, 3.05) is 11.9 Å². The van der Waals surface area contributed by atoms with E-state index >= 15 is 0 Å². The number of hydrogen-bond acceptors (Lipinski definition) is 2. The fourth-order valence-electron chi connectivity index (χ4n) is 2.53.